The Morgan fingerprint density at radius 3 is 2.58 bits per heavy atom. The van der Waals surface area contributed by atoms with Crippen LogP contribution in [0.1, 0.15) is 12.8 Å². The zero-order valence-electron chi connectivity index (χ0n) is 13.2. The van der Waals surface area contributed by atoms with Crippen LogP contribution in [0.2, 0.25) is 0 Å². The van der Waals surface area contributed by atoms with Crippen molar-refractivity contribution in [1.82, 2.24) is 15.0 Å². The van der Waals surface area contributed by atoms with Crippen LogP contribution in [-0.2, 0) is 0 Å². The fourth-order valence-electron chi connectivity index (χ4n) is 3.15. The Morgan fingerprint density at radius 2 is 1.79 bits per heavy atom. The minimum atomic E-state index is -0.261. The molecule has 1 aliphatic heterocycles. The summed E-state index contributed by atoms with van der Waals surface area (Å²) in [5.74, 6) is 0.532. The van der Waals surface area contributed by atoms with Gasteiger partial charge in [0.2, 0.25) is 5.95 Å². The molecule has 4 rings (SSSR count). The van der Waals surface area contributed by atoms with Gasteiger partial charge in [0.25, 0.3) is 0 Å². The van der Waals surface area contributed by atoms with Gasteiger partial charge in [-0.05, 0) is 37.1 Å². The number of nitrogens with one attached hydrogen (secondary N) is 1. The quantitative estimate of drug-likeness (QED) is 0.802. The lowest BCUT2D eigenvalue weighted by Gasteiger charge is -2.33. The molecule has 2 aromatic heterocycles. The number of halogens is 1. The number of fused-ring (bicyclic) bond motifs is 1. The maximum absolute atomic E-state index is 13.4. The molecule has 122 valence electrons. The van der Waals surface area contributed by atoms with E-state index in [1.54, 1.807) is 24.7 Å². The number of nitrogens with zero attached hydrogens (tertiary/aromatic N) is 4. The Hall–Kier alpha value is -2.76. The molecular formula is C18H18FN5. The summed E-state index contributed by atoms with van der Waals surface area (Å²) < 4.78 is 13.4. The molecule has 24 heavy (non-hydrogen) atoms. The van der Waals surface area contributed by atoms with Crippen molar-refractivity contribution in [2.45, 2.75) is 18.9 Å². The minimum absolute atomic E-state index is 0.261. The second-order valence-corrected chi connectivity index (χ2v) is 5.97. The lowest BCUT2D eigenvalue weighted by atomic mass is 10.0. The Morgan fingerprint density at radius 1 is 1.00 bits per heavy atom. The minimum Gasteiger partial charge on any atom is -0.382 e. The molecule has 0 amide bonds. The van der Waals surface area contributed by atoms with Gasteiger partial charge in [0, 0.05) is 54.9 Å². The molecule has 5 nitrogen and oxygen atoms in total. The first kappa shape index (κ1) is 14.8. The van der Waals surface area contributed by atoms with E-state index in [-0.39, 0.29) is 5.82 Å². The predicted octanol–water partition coefficient (Wildman–Crippen LogP) is 3.24. The second kappa shape index (κ2) is 6.39. The number of hydrogen-bond donors (Lipinski definition) is 1. The summed E-state index contributed by atoms with van der Waals surface area (Å²) in [4.78, 5) is 15.1. The molecule has 0 saturated carbocycles. The van der Waals surface area contributed by atoms with Crippen LogP contribution in [0.3, 0.4) is 0 Å². The van der Waals surface area contributed by atoms with Gasteiger partial charge in [-0.25, -0.2) is 14.4 Å². The molecule has 1 fully saturated rings. The van der Waals surface area contributed by atoms with Gasteiger partial charge in [0.05, 0.1) is 5.52 Å². The molecule has 1 N–H and O–H groups in total. The highest BCUT2D eigenvalue weighted by molar-refractivity contribution is 5.91. The molecule has 0 bridgehead atoms. The van der Waals surface area contributed by atoms with Crippen molar-refractivity contribution < 1.29 is 4.39 Å². The van der Waals surface area contributed by atoms with Gasteiger partial charge in [-0.15, -0.1) is 0 Å². The maximum Gasteiger partial charge on any atom is 0.225 e. The van der Waals surface area contributed by atoms with Crippen LogP contribution >= 0.6 is 0 Å². The average molecular weight is 323 g/mol. The zero-order chi connectivity index (χ0) is 16.4. The van der Waals surface area contributed by atoms with Crippen LogP contribution in [0, 0.1) is 5.82 Å². The fourth-order valence-corrected chi connectivity index (χ4v) is 3.15. The van der Waals surface area contributed by atoms with E-state index in [0.29, 0.717) is 11.6 Å². The van der Waals surface area contributed by atoms with E-state index in [2.05, 4.69) is 25.2 Å². The van der Waals surface area contributed by atoms with Gasteiger partial charge >= 0.3 is 0 Å². The molecule has 0 atom stereocenters. The van der Waals surface area contributed by atoms with Crippen LogP contribution in [0.4, 0.5) is 16.0 Å². The van der Waals surface area contributed by atoms with E-state index in [0.717, 1.165) is 43.0 Å². The summed E-state index contributed by atoms with van der Waals surface area (Å²) in [5, 5.41) is 4.54. The topological polar surface area (TPSA) is 53.9 Å². The van der Waals surface area contributed by atoms with Crippen molar-refractivity contribution in [2.75, 3.05) is 23.3 Å². The number of pyridine rings is 1. The molecule has 1 saturated heterocycles. The van der Waals surface area contributed by atoms with Crippen LogP contribution in [0.15, 0.2) is 48.9 Å². The molecule has 3 aromatic rings. The van der Waals surface area contributed by atoms with Crippen LogP contribution in [0.5, 0.6) is 0 Å². The summed E-state index contributed by atoms with van der Waals surface area (Å²) in [7, 11) is 0. The summed E-state index contributed by atoms with van der Waals surface area (Å²) >= 11 is 0. The summed E-state index contributed by atoms with van der Waals surface area (Å²) in [6.07, 6.45) is 7.27. The molecule has 3 heterocycles. The van der Waals surface area contributed by atoms with Crippen LogP contribution in [0.25, 0.3) is 10.9 Å². The summed E-state index contributed by atoms with van der Waals surface area (Å²) in [6.45, 7) is 1.83. The number of rotatable bonds is 3. The number of piperidine rings is 1. The van der Waals surface area contributed by atoms with E-state index < -0.39 is 0 Å². The van der Waals surface area contributed by atoms with Gasteiger partial charge in [-0.3, -0.25) is 4.98 Å². The first-order valence-electron chi connectivity index (χ1n) is 8.12. The van der Waals surface area contributed by atoms with Crippen molar-refractivity contribution >= 4 is 22.5 Å². The monoisotopic (exact) mass is 323 g/mol. The third-order valence-electron chi connectivity index (χ3n) is 4.39. The highest BCUT2D eigenvalue weighted by Gasteiger charge is 2.21. The molecule has 0 aliphatic carbocycles. The lowest BCUT2D eigenvalue weighted by Crippen LogP contribution is -2.39. The van der Waals surface area contributed by atoms with Crippen LogP contribution in [-0.4, -0.2) is 34.1 Å². The van der Waals surface area contributed by atoms with Gasteiger partial charge < -0.3 is 10.2 Å². The maximum atomic E-state index is 13.4. The summed E-state index contributed by atoms with van der Waals surface area (Å²) in [6, 6.07) is 8.88. The van der Waals surface area contributed by atoms with Gasteiger partial charge in [-0.2, -0.15) is 0 Å². The number of hydrogen-bond acceptors (Lipinski definition) is 5. The summed E-state index contributed by atoms with van der Waals surface area (Å²) in [5.41, 5.74) is 1.68. The van der Waals surface area contributed by atoms with Crippen molar-refractivity contribution in [2.24, 2.45) is 0 Å². The highest BCUT2D eigenvalue weighted by Crippen LogP contribution is 2.25. The Bertz CT molecular complexity index is 831. The first-order valence-corrected chi connectivity index (χ1v) is 8.12. The van der Waals surface area contributed by atoms with E-state index in [4.69, 9.17) is 0 Å². The third-order valence-corrected chi connectivity index (χ3v) is 4.39. The third kappa shape index (κ3) is 2.99. The van der Waals surface area contributed by atoms with Gasteiger partial charge in [-0.1, -0.05) is 0 Å². The van der Waals surface area contributed by atoms with Crippen LogP contribution < -0.4 is 10.2 Å². The Kier molecular flexibility index (Phi) is 3.94. The van der Waals surface area contributed by atoms with Crippen molar-refractivity contribution in [3.05, 3.63) is 54.7 Å². The SMILES string of the molecule is Fc1ccc2c(NC3CCN(c4ncccn4)CC3)ccnc2c1. The van der Waals surface area contributed by atoms with Crippen molar-refractivity contribution in [1.29, 1.82) is 0 Å². The van der Waals surface area contributed by atoms with E-state index in [1.165, 1.54) is 12.1 Å². The molecule has 0 spiro atoms. The van der Waals surface area contributed by atoms with Gasteiger partial charge in [0.1, 0.15) is 5.82 Å². The second-order valence-electron chi connectivity index (χ2n) is 5.97. The van der Waals surface area contributed by atoms with E-state index in [1.807, 2.05) is 12.1 Å². The Labute approximate surface area is 139 Å². The number of benzene rings is 1. The van der Waals surface area contributed by atoms with Gasteiger partial charge in [0.15, 0.2) is 0 Å². The largest absolute Gasteiger partial charge is 0.382 e. The smallest absolute Gasteiger partial charge is 0.225 e. The number of anilines is 2. The Balaban J connectivity index is 1.46. The molecular weight excluding hydrogens is 305 g/mol. The standard InChI is InChI=1S/C18H18FN5/c19-13-2-3-15-16(4-9-20-17(15)12-13)23-14-5-10-24(11-6-14)18-21-7-1-8-22-18/h1-4,7-9,12,14H,5-6,10-11H2,(H,20,23). The molecule has 1 aliphatic rings. The normalized spacial score (nSPS) is 15.6. The highest BCUT2D eigenvalue weighted by atomic mass is 19.1. The lowest BCUT2D eigenvalue weighted by molar-refractivity contribution is 0.520. The molecule has 0 radical (unpaired) electrons. The zero-order valence-corrected chi connectivity index (χ0v) is 13.2. The molecule has 1 aromatic carbocycles. The van der Waals surface area contributed by atoms with E-state index in [9.17, 15) is 4.39 Å². The number of aromatic nitrogens is 3. The predicted molar refractivity (Wildman–Crippen MR) is 92.6 cm³/mol. The fraction of sp³-hybridized carbons (Fsp3) is 0.278. The van der Waals surface area contributed by atoms with Crippen molar-refractivity contribution in [3.63, 3.8) is 0 Å². The average Bonchev–Trinajstić information content (AvgIpc) is 2.63. The molecule has 0 unspecified atom stereocenters. The first-order chi connectivity index (χ1) is 11.8. The molecule has 6 heteroatoms. The van der Waals surface area contributed by atoms with Crippen molar-refractivity contribution in [3.8, 4) is 0 Å². The van der Waals surface area contributed by atoms with E-state index >= 15 is 0 Å².